The van der Waals surface area contributed by atoms with Crippen molar-refractivity contribution in [2.75, 3.05) is 36.5 Å². The van der Waals surface area contributed by atoms with Crippen molar-refractivity contribution >= 4 is 46.0 Å². The van der Waals surface area contributed by atoms with Crippen molar-refractivity contribution in [1.82, 2.24) is 4.98 Å². The second-order valence-electron chi connectivity index (χ2n) is 4.67. The number of anilines is 2. The molecule has 0 unspecified atom stereocenters. The molecule has 0 aliphatic carbocycles. The first-order valence-corrected chi connectivity index (χ1v) is 8.26. The van der Waals surface area contributed by atoms with Crippen molar-refractivity contribution in [2.24, 2.45) is 0 Å². The highest BCUT2D eigenvalue weighted by Crippen LogP contribution is 2.32. The van der Waals surface area contributed by atoms with E-state index < -0.39 is 0 Å². The van der Waals surface area contributed by atoms with Crippen molar-refractivity contribution in [3.8, 4) is 0 Å². The van der Waals surface area contributed by atoms with Crippen LogP contribution in [0.5, 0.6) is 0 Å². The summed E-state index contributed by atoms with van der Waals surface area (Å²) in [6.45, 7) is 3.87. The molecule has 0 amide bonds. The monoisotopic (exact) mass is 343 g/mol. The highest BCUT2D eigenvalue weighted by atomic mass is 35.5. The lowest BCUT2D eigenvalue weighted by Gasteiger charge is -2.30. The third-order valence-corrected chi connectivity index (χ3v) is 4.88. The van der Waals surface area contributed by atoms with Crippen molar-refractivity contribution in [3.63, 3.8) is 0 Å². The van der Waals surface area contributed by atoms with Crippen LogP contribution in [0, 0.1) is 0 Å². The van der Waals surface area contributed by atoms with E-state index >= 15 is 0 Å². The fourth-order valence-corrected chi connectivity index (χ4v) is 3.75. The van der Waals surface area contributed by atoms with E-state index in [1.165, 1.54) is 11.3 Å². The molecule has 3 rings (SSSR count). The van der Waals surface area contributed by atoms with Gasteiger partial charge in [-0.15, -0.1) is 11.3 Å². The second-order valence-corrected chi connectivity index (χ2v) is 6.96. The highest BCUT2D eigenvalue weighted by molar-refractivity contribution is 7.20. The number of thiophene rings is 1. The Kier molecular flexibility index (Phi) is 4.85. The number of nitrogens with one attached hydrogen (secondary N) is 1. The smallest absolute Gasteiger partial charge is 0.149 e. The van der Waals surface area contributed by atoms with Gasteiger partial charge in [-0.05, 0) is 18.2 Å². The number of rotatable bonds is 4. The first-order chi connectivity index (χ1) is 10.2. The Labute approximate surface area is 137 Å². The Morgan fingerprint density at radius 3 is 2.86 bits per heavy atom. The van der Waals surface area contributed by atoms with Crippen LogP contribution in [0.3, 0.4) is 0 Å². The van der Waals surface area contributed by atoms with Crippen LogP contribution in [-0.2, 0) is 11.3 Å². The van der Waals surface area contributed by atoms with E-state index in [9.17, 15) is 0 Å². The minimum atomic E-state index is 0.608. The van der Waals surface area contributed by atoms with Crippen molar-refractivity contribution in [3.05, 3.63) is 38.6 Å². The van der Waals surface area contributed by atoms with Gasteiger partial charge < -0.3 is 15.0 Å². The topological polar surface area (TPSA) is 37.4 Å². The number of hydrogen-bond donors (Lipinski definition) is 1. The van der Waals surface area contributed by atoms with Gasteiger partial charge in [-0.2, -0.15) is 0 Å². The molecule has 7 heteroatoms. The zero-order chi connectivity index (χ0) is 14.7. The molecule has 1 saturated heterocycles. The summed E-state index contributed by atoms with van der Waals surface area (Å²) in [5.41, 5.74) is 2.09. The third-order valence-electron chi connectivity index (χ3n) is 3.31. The lowest BCUT2D eigenvalue weighted by Crippen LogP contribution is -2.36. The molecular formula is C14H15Cl2N3OS. The summed E-state index contributed by atoms with van der Waals surface area (Å²) in [7, 11) is 0. The molecule has 0 bridgehead atoms. The van der Waals surface area contributed by atoms with E-state index in [1.54, 1.807) is 6.20 Å². The van der Waals surface area contributed by atoms with Crippen LogP contribution in [0.1, 0.15) is 5.56 Å². The third kappa shape index (κ3) is 3.61. The van der Waals surface area contributed by atoms with Gasteiger partial charge in [0.2, 0.25) is 0 Å². The molecule has 2 aromatic rings. The molecule has 1 N–H and O–H groups in total. The first-order valence-electron chi connectivity index (χ1n) is 6.69. The Bertz CT molecular complexity index is 614. The maximum Gasteiger partial charge on any atom is 0.149 e. The summed E-state index contributed by atoms with van der Waals surface area (Å²) >= 11 is 13.5. The molecule has 0 spiro atoms. The molecule has 0 aromatic carbocycles. The standard InChI is InChI=1S/C14H15Cl2N3OS/c15-12-8-10(13(16)21-12)9-18-14-11(2-1-3-17-14)19-4-6-20-7-5-19/h1-3,8H,4-7,9H2,(H,17,18). The molecule has 2 aromatic heterocycles. The number of halogens is 2. The quantitative estimate of drug-likeness (QED) is 0.913. The Hall–Kier alpha value is -1.01. The fourth-order valence-electron chi connectivity index (χ4n) is 2.27. The van der Waals surface area contributed by atoms with Gasteiger partial charge in [0.1, 0.15) is 5.82 Å². The van der Waals surface area contributed by atoms with Crippen molar-refractivity contribution in [2.45, 2.75) is 6.54 Å². The van der Waals surface area contributed by atoms with Crippen LogP contribution >= 0.6 is 34.5 Å². The average Bonchev–Trinajstić information content (AvgIpc) is 2.84. The number of morpholine rings is 1. The molecule has 1 aliphatic heterocycles. The molecule has 0 saturated carbocycles. The fraction of sp³-hybridized carbons (Fsp3) is 0.357. The molecule has 1 fully saturated rings. The van der Waals surface area contributed by atoms with Gasteiger partial charge in [-0.25, -0.2) is 4.98 Å². The summed E-state index contributed by atoms with van der Waals surface area (Å²) in [5, 5.41) is 3.35. The lowest BCUT2D eigenvalue weighted by molar-refractivity contribution is 0.122. The lowest BCUT2D eigenvalue weighted by atomic mass is 10.3. The molecule has 3 heterocycles. The Balaban J connectivity index is 1.74. The van der Waals surface area contributed by atoms with E-state index in [-0.39, 0.29) is 0 Å². The van der Waals surface area contributed by atoms with Crippen molar-refractivity contribution < 1.29 is 4.74 Å². The van der Waals surface area contributed by atoms with Crippen LogP contribution < -0.4 is 10.2 Å². The molecule has 0 radical (unpaired) electrons. The zero-order valence-electron chi connectivity index (χ0n) is 11.3. The molecule has 0 atom stereocenters. The van der Waals surface area contributed by atoms with Gasteiger partial charge in [-0.1, -0.05) is 23.2 Å². The van der Waals surface area contributed by atoms with E-state index in [2.05, 4.69) is 21.3 Å². The zero-order valence-corrected chi connectivity index (χ0v) is 13.6. The van der Waals surface area contributed by atoms with Crippen LogP contribution in [0.4, 0.5) is 11.5 Å². The highest BCUT2D eigenvalue weighted by Gasteiger charge is 2.15. The molecule has 21 heavy (non-hydrogen) atoms. The summed E-state index contributed by atoms with van der Waals surface area (Å²) in [4.78, 5) is 6.72. The number of aromatic nitrogens is 1. The van der Waals surface area contributed by atoms with E-state index in [1.807, 2.05) is 12.1 Å². The molecule has 4 nitrogen and oxygen atoms in total. The molecule has 1 aliphatic rings. The average molecular weight is 344 g/mol. The minimum absolute atomic E-state index is 0.608. The van der Waals surface area contributed by atoms with Gasteiger partial charge in [0.25, 0.3) is 0 Å². The second kappa shape index (κ2) is 6.83. The van der Waals surface area contributed by atoms with Gasteiger partial charge in [-0.3, -0.25) is 0 Å². The normalized spacial score (nSPS) is 15.2. The van der Waals surface area contributed by atoms with Gasteiger partial charge in [0.15, 0.2) is 0 Å². The van der Waals surface area contributed by atoms with Gasteiger partial charge >= 0.3 is 0 Å². The largest absolute Gasteiger partial charge is 0.378 e. The summed E-state index contributed by atoms with van der Waals surface area (Å²) in [6.07, 6.45) is 1.79. The van der Waals surface area contributed by atoms with Gasteiger partial charge in [0, 0.05) is 31.4 Å². The van der Waals surface area contributed by atoms with Crippen LogP contribution in [0.25, 0.3) is 0 Å². The van der Waals surface area contributed by atoms with E-state index in [0.717, 1.165) is 47.7 Å². The maximum absolute atomic E-state index is 6.15. The van der Waals surface area contributed by atoms with Crippen LogP contribution in [-0.4, -0.2) is 31.3 Å². The predicted molar refractivity (Wildman–Crippen MR) is 88.9 cm³/mol. The van der Waals surface area contributed by atoms with Crippen LogP contribution in [0.2, 0.25) is 8.67 Å². The van der Waals surface area contributed by atoms with E-state index in [0.29, 0.717) is 10.9 Å². The van der Waals surface area contributed by atoms with Crippen molar-refractivity contribution in [1.29, 1.82) is 0 Å². The summed E-state index contributed by atoms with van der Waals surface area (Å²) < 4.78 is 6.81. The first kappa shape index (κ1) is 14.9. The molecule has 112 valence electrons. The number of ether oxygens (including phenoxy) is 1. The summed E-state index contributed by atoms with van der Waals surface area (Å²) in [5.74, 6) is 0.859. The minimum Gasteiger partial charge on any atom is -0.378 e. The molecular weight excluding hydrogens is 329 g/mol. The SMILES string of the molecule is Clc1cc(CNc2ncccc2N2CCOCC2)c(Cl)s1. The van der Waals surface area contributed by atoms with Crippen LogP contribution in [0.15, 0.2) is 24.4 Å². The predicted octanol–water partition coefficient (Wildman–Crippen LogP) is 3.90. The number of nitrogens with zero attached hydrogens (tertiary/aromatic N) is 2. The maximum atomic E-state index is 6.15. The number of hydrogen-bond acceptors (Lipinski definition) is 5. The van der Waals surface area contributed by atoms with Gasteiger partial charge in [0.05, 0.1) is 27.6 Å². The Morgan fingerprint density at radius 1 is 1.33 bits per heavy atom. The summed E-state index contributed by atoms with van der Waals surface area (Å²) in [6, 6.07) is 5.91. The van der Waals surface area contributed by atoms with E-state index in [4.69, 9.17) is 27.9 Å². The Morgan fingerprint density at radius 2 is 2.14 bits per heavy atom. The number of pyridine rings is 1.